The van der Waals surface area contributed by atoms with E-state index in [0.717, 1.165) is 44.5 Å². The Labute approximate surface area is 129 Å². The average Bonchev–Trinajstić information content (AvgIpc) is 2.48. The lowest BCUT2D eigenvalue weighted by Crippen LogP contribution is -2.36. The van der Waals surface area contributed by atoms with Gasteiger partial charge in [-0.2, -0.15) is 0 Å². The van der Waals surface area contributed by atoms with E-state index in [-0.39, 0.29) is 22.9 Å². The molecule has 1 fully saturated rings. The maximum Gasteiger partial charge on any atom is 0.260 e. The Balaban J connectivity index is 1.69. The number of pyridine rings is 1. The molecule has 120 valence electrons. The molecule has 0 unspecified atom stereocenters. The number of hydrogen-bond donors (Lipinski definition) is 2. The molecule has 0 saturated carbocycles. The third-order valence-electron chi connectivity index (χ3n) is 3.86. The molecule has 2 heterocycles. The Bertz CT molecular complexity index is 595. The molecule has 0 aromatic carbocycles. The first-order valence-electron chi connectivity index (χ1n) is 7.84. The number of hydrogen-bond acceptors (Lipinski definition) is 3. The van der Waals surface area contributed by atoms with Crippen LogP contribution in [0.15, 0.2) is 16.9 Å². The molecule has 0 bridgehead atoms. The summed E-state index contributed by atoms with van der Waals surface area (Å²) in [6, 6.07) is 3.24. The van der Waals surface area contributed by atoms with E-state index in [9.17, 15) is 14.4 Å². The summed E-state index contributed by atoms with van der Waals surface area (Å²) in [5.41, 5.74) is 0.501. The van der Waals surface area contributed by atoms with Crippen molar-refractivity contribution in [1.82, 2.24) is 15.2 Å². The number of rotatable bonds is 6. The molecule has 2 N–H and O–H groups in total. The molecular weight excluding hydrogens is 282 g/mol. The normalized spacial score (nSPS) is 15.0. The number of carbonyl (C=O) groups excluding carboxylic acids is 2. The van der Waals surface area contributed by atoms with Crippen LogP contribution >= 0.6 is 0 Å². The first-order valence-corrected chi connectivity index (χ1v) is 7.84. The number of H-pyrrole nitrogens is 1. The van der Waals surface area contributed by atoms with Crippen molar-refractivity contribution in [2.75, 3.05) is 19.6 Å². The minimum Gasteiger partial charge on any atom is -0.352 e. The van der Waals surface area contributed by atoms with Gasteiger partial charge in [-0.05, 0) is 44.7 Å². The molecule has 1 aromatic heterocycles. The quantitative estimate of drug-likeness (QED) is 0.775. The van der Waals surface area contributed by atoms with Gasteiger partial charge in [0.15, 0.2) is 0 Å². The second-order valence-electron chi connectivity index (χ2n) is 5.69. The molecule has 0 radical (unpaired) electrons. The molecule has 0 aliphatic carbocycles. The van der Waals surface area contributed by atoms with Crippen LogP contribution in [0.25, 0.3) is 0 Å². The number of piperidine rings is 1. The number of nitrogens with zero attached hydrogens (tertiary/aromatic N) is 1. The van der Waals surface area contributed by atoms with E-state index in [4.69, 9.17) is 0 Å². The summed E-state index contributed by atoms with van der Waals surface area (Å²) in [6.07, 6.45) is 4.39. The van der Waals surface area contributed by atoms with Crippen molar-refractivity contribution >= 4 is 11.8 Å². The molecule has 0 atom stereocenters. The highest BCUT2D eigenvalue weighted by Gasteiger charge is 2.17. The fourth-order valence-corrected chi connectivity index (χ4v) is 2.57. The largest absolute Gasteiger partial charge is 0.352 e. The Kier molecular flexibility index (Phi) is 5.75. The lowest BCUT2D eigenvalue weighted by atomic mass is 10.1. The predicted molar refractivity (Wildman–Crippen MR) is 83.8 cm³/mol. The number of aryl methyl sites for hydroxylation is 1. The molecule has 22 heavy (non-hydrogen) atoms. The van der Waals surface area contributed by atoms with Gasteiger partial charge in [0, 0.05) is 31.7 Å². The molecule has 6 nitrogen and oxygen atoms in total. The van der Waals surface area contributed by atoms with E-state index in [1.54, 1.807) is 13.0 Å². The van der Waals surface area contributed by atoms with E-state index in [0.29, 0.717) is 13.0 Å². The number of carbonyl (C=O) groups is 2. The van der Waals surface area contributed by atoms with Gasteiger partial charge in [-0.15, -0.1) is 0 Å². The molecule has 1 aliphatic heterocycles. The molecule has 0 spiro atoms. The third-order valence-corrected chi connectivity index (χ3v) is 3.86. The van der Waals surface area contributed by atoms with Crippen molar-refractivity contribution in [3.05, 3.63) is 33.7 Å². The summed E-state index contributed by atoms with van der Waals surface area (Å²) in [7, 11) is 0. The van der Waals surface area contributed by atoms with E-state index in [1.165, 1.54) is 6.07 Å². The zero-order valence-electron chi connectivity index (χ0n) is 13.0. The van der Waals surface area contributed by atoms with Crippen LogP contribution in [0.1, 0.15) is 48.2 Å². The van der Waals surface area contributed by atoms with Gasteiger partial charge in [0.1, 0.15) is 5.56 Å². The summed E-state index contributed by atoms with van der Waals surface area (Å²) in [5, 5.41) is 2.75. The van der Waals surface area contributed by atoms with Gasteiger partial charge in [0.25, 0.3) is 11.5 Å². The third kappa shape index (κ3) is 4.44. The lowest BCUT2D eigenvalue weighted by molar-refractivity contribution is -0.133. The zero-order valence-corrected chi connectivity index (χ0v) is 13.0. The molecule has 2 amide bonds. The van der Waals surface area contributed by atoms with E-state index < -0.39 is 0 Å². The van der Waals surface area contributed by atoms with Gasteiger partial charge in [-0.3, -0.25) is 14.4 Å². The SMILES string of the molecule is Cc1ccc(C(=O)NCCCCN2CCCCC2=O)c(=O)[nH]1. The monoisotopic (exact) mass is 305 g/mol. The number of unbranched alkanes of at least 4 members (excludes halogenated alkanes) is 1. The number of likely N-dealkylation sites (tertiary alicyclic amines) is 1. The highest BCUT2D eigenvalue weighted by atomic mass is 16.2. The average molecular weight is 305 g/mol. The summed E-state index contributed by atoms with van der Waals surface area (Å²) < 4.78 is 0. The van der Waals surface area contributed by atoms with Gasteiger partial charge in [0.05, 0.1) is 0 Å². The Morgan fingerprint density at radius 1 is 1.27 bits per heavy atom. The van der Waals surface area contributed by atoms with Crippen molar-refractivity contribution < 1.29 is 9.59 Å². The number of aromatic nitrogens is 1. The van der Waals surface area contributed by atoms with Crippen molar-refractivity contribution in [2.24, 2.45) is 0 Å². The summed E-state index contributed by atoms with van der Waals surface area (Å²) in [6.45, 7) is 3.88. The summed E-state index contributed by atoms with van der Waals surface area (Å²) in [4.78, 5) is 39.7. The number of amides is 2. The fraction of sp³-hybridized carbons (Fsp3) is 0.562. The maximum atomic E-state index is 11.9. The van der Waals surface area contributed by atoms with Crippen LogP contribution in [-0.4, -0.2) is 41.3 Å². The van der Waals surface area contributed by atoms with Crippen LogP contribution in [0.4, 0.5) is 0 Å². The van der Waals surface area contributed by atoms with Crippen molar-refractivity contribution in [3.8, 4) is 0 Å². The van der Waals surface area contributed by atoms with Gasteiger partial charge < -0.3 is 15.2 Å². The van der Waals surface area contributed by atoms with Crippen LogP contribution in [-0.2, 0) is 4.79 Å². The Morgan fingerprint density at radius 2 is 2.09 bits per heavy atom. The van der Waals surface area contributed by atoms with Gasteiger partial charge >= 0.3 is 0 Å². The van der Waals surface area contributed by atoms with Crippen LogP contribution in [0.2, 0.25) is 0 Å². The Hall–Kier alpha value is -2.11. The Morgan fingerprint density at radius 3 is 2.82 bits per heavy atom. The van der Waals surface area contributed by atoms with Crippen LogP contribution in [0, 0.1) is 6.92 Å². The van der Waals surface area contributed by atoms with E-state index in [1.807, 2.05) is 4.90 Å². The maximum absolute atomic E-state index is 11.9. The number of nitrogens with one attached hydrogen (secondary N) is 2. The first-order chi connectivity index (χ1) is 10.6. The topological polar surface area (TPSA) is 82.3 Å². The first kappa shape index (κ1) is 16.3. The molecule has 1 saturated heterocycles. The van der Waals surface area contributed by atoms with Crippen molar-refractivity contribution in [1.29, 1.82) is 0 Å². The smallest absolute Gasteiger partial charge is 0.260 e. The zero-order chi connectivity index (χ0) is 15.9. The molecule has 1 aromatic rings. The van der Waals surface area contributed by atoms with Crippen molar-refractivity contribution in [2.45, 2.75) is 39.0 Å². The second-order valence-corrected chi connectivity index (χ2v) is 5.69. The van der Waals surface area contributed by atoms with Crippen LogP contribution < -0.4 is 10.9 Å². The van der Waals surface area contributed by atoms with Gasteiger partial charge in [-0.25, -0.2) is 0 Å². The minimum atomic E-state index is -0.364. The van der Waals surface area contributed by atoms with E-state index >= 15 is 0 Å². The van der Waals surface area contributed by atoms with Gasteiger partial charge in [0.2, 0.25) is 5.91 Å². The standard InChI is InChI=1S/C16H23N3O3/c1-12-7-8-13(16(22)18-12)15(21)17-9-3-5-11-19-10-4-2-6-14(19)20/h7-8H,2-6,9-11H2,1H3,(H,17,21)(H,18,22). The van der Waals surface area contributed by atoms with Crippen LogP contribution in [0.5, 0.6) is 0 Å². The highest BCUT2D eigenvalue weighted by Crippen LogP contribution is 2.10. The lowest BCUT2D eigenvalue weighted by Gasteiger charge is -2.26. The van der Waals surface area contributed by atoms with E-state index in [2.05, 4.69) is 10.3 Å². The van der Waals surface area contributed by atoms with Crippen LogP contribution in [0.3, 0.4) is 0 Å². The number of aromatic amines is 1. The van der Waals surface area contributed by atoms with Crippen molar-refractivity contribution in [3.63, 3.8) is 0 Å². The van der Waals surface area contributed by atoms with Gasteiger partial charge in [-0.1, -0.05) is 0 Å². The highest BCUT2D eigenvalue weighted by molar-refractivity contribution is 5.93. The molecule has 6 heteroatoms. The fourth-order valence-electron chi connectivity index (χ4n) is 2.57. The summed E-state index contributed by atoms with van der Waals surface area (Å²) in [5.74, 6) is -0.114. The molecular formula is C16H23N3O3. The molecule has 2 rings (SSSR count). The minimum absolute atomic E-state index is 0.136. The second kappa shape index (κ2) is 7.77. The predicted octanol–water partition coefficient (Wildman–Crippen LogP) is 1.21. The summed E-state index contributed by atoms with van der Waals surface area (Å²) >= 11 is 0. The molecule has 1 aliphatic rings.